The Morgan fingerprint density at radius 1 is 1.07 bits per heavy atom. The fourth-order valence-corrected chi connectivity index (χ4v) is 3.32. The van der Waals surface area contributed by atoms with Crippen LogP contribution in [0, 0.1) is 0 Å². The highest BCUT2D eigenvalue weighted by Crippen LogP contribution is 2.20. The van der Waals surface area contributed by atoms with E-state index in [0.717, 1.165) is 12.1 Å². The van der Waals surface area contributed by atoms with Gasteiger partial charge in [0.05, 0.1) is 5.75 Å². The lowest BCUT2D eigenvalue weighted by Gasteiger charge is -2.06. The fourth-order valence-electron chi connectivity index (χ4n) is 2.66. The number of hydrogen-bond acceptors (Lipinski definition) is 6. The first-order chi connectivity index (χ1) is 13.7. The van der Waals surface area contributed by atoms with Gasteiger partial charge in [-0.05, 0) is 48.4 Å². The Morgan fingerprint density at radius 3 is 2.68 bits per heavy atom. The number of fused-ring (bicyclic) bond motifs is 1. The van der Waals surface area contributed by atoms with Crippen molar-refractivity contribution in [2.45, 2.75) is 18.4 Å². The molecule has 0 aliphatic heterocycles. The van der Waals surface area contributed by atoms with Crippen molar-refractivity contribution in [1.82, 2.24) is 24.8 Å². The molecule has 3 aromatic heterocycles. The molecular formula is C20H18N6OS. The average Bonchev–Trinajstić information content (AvgIpc) is 3.17. The monoisotopic (exact) mass is 390 g/mol. The summed E-state index contributed by atoms with van der Waals surface area (Å²) in [5.41, 5.74) is 3.35. The van der Waals surface area contributed by atoms with Crippen molar-refractivity contribution in [2.24, 2.45) is 0 Å². The van der Waals surface area contributed by atoms with Crippen LogP contribution in [0.2, 0.25) is 0 Å². The number of pyridine rings is 1. The van der Waals surface area contributed by atoms with Gasteiger partial charge >= 0.3 is 0 Å². The molecule has 1 N–H and O–H groups in total. The lowest BCUT2D eigenvalue weighted by Crippen LogP contribution is -2.14. The van der Waals surface area contributed by atoms with Crippen molar-refractivity contribution in [1.29, 1.82) is 0 Å². The van der Waals surface area contributed by atoms with Crippen LogP contribution in [0.5, 0.6) is 0 Å². The van der Waals surface area contributed by atoms with Crippen LogP contribution < -0.4 is 5.32 Å². The van der Waals surface area contributed by atoms with Crippen LogP contribution in [0.3, 0.4) is 0 Å². The molecule has 0 atom stereocenters. The average molecular weight is 390 g/mol. The Labute approximate surface area is 166 Å². The maximum absolute atomic E-state index is 12.2. The number of anilines is 1. The molecule has 0 radical (unpaired) electrons. The topological polar surface area (TPSA) is 85.1 Å². The van der Waals surface area contributed by atoms with Gasteiger partial charge in [0.1, 0.15) is 10.7 Å². The Kier molecular flexibility index (Phi) is 5.29. The van der Waals surface area contributed by atoms with E-state index >= 15 is 0 Å². The molecule has 0 spiro atoms. The minimum absolute atomic E-state index is 0.0788. The van der Waals surface area contributed by atoms with E-state index in [1.165, 1.54) is 17.3 Å². The van der Waals surface area contributed by atoms with Crippen molar-refractivity contribution in [3.63, 3.8) is 0 Å². The summed E-state index contributed by atoms with van der Waals surface area (Å²) in [6.45, 7) is 2.10. The zero-order chi connectivity index (χ0) is 19.3. The number of benzene rings is 1. The molecule has 8 heteroatoms. The molecule has 28 heavy (non-hydrogen) atoms. The third-order valence-corrected chi connectivity index (χ3v) is 5.05. The first kappa shape index (κ1) is 18.1. The number of rotatable bonds is 6. The minimum Gasteiger partial charge on any atom is -0.325 e. The molecule has 140 valence electrons. The van der Waals surface area contributed by atoms with Gasteiger partial charge in [0, 0.05) is 11.9 Å². The highest BCUT2D eigenvalue weighted by molar-refractivity contribution is 7.99. The summed E-state index contributed by atoms with van der Waals surface area (Å²) in [6.07, 6.45) is 2.67. The largest absolute Gasteiger partial charge is 0.325 e. The number of carbonyl (C=O) groups excluding carboxylic acids is 1. The second-order valence-electron chi connectivity index (χ2n) is 6.07. The number of thioether (sulfide) groups is 1. The molecule has 0 bridgehead atoms. The maximum Gasteiger partial charge on any atom is 0.234 e. The minimum atomic E-state index is -0.0788. The third kappa shape index (κ3) is 4.01. The van der Waals surface area contributed by atoms with Crippen LogP contribution in [0.4, 0.5) is 5.69 Å². The van der Waals surface area contributed by atoms with E-state index in [1.807, 2.05) is 54.6 Å². The van der Waals surface area contributed by atoms with E-state index in [9.17, 15) is 4.79 Å². The maximum atomic E-state index is 12.2. The number of carbonyl (C=O) groups is 1. The van der Waals surface area contributed by atoms with Gasteiger partial charge in [-0.1, -0.05) is 36.9 Å². The van der Waals surface area contributed by atoms with Crippen LogP contribution in [0.15, 0.2) is 65.8 Å². The molecule has 1 aromatic carbocycles. The smallest absolute Gasteiger partial charge is 0.234 e. The van der Waals surface area contributed by atoms with E-state index in [-0.39, 0.29) is 11.7 Å². The first-order valence-electron chi connectivity index (χ1n) is 8.88. The number of nitrogens with zero attached hydrogens (tertiary/aromatic N) is 5. The van der Waals surface area contributed by atoms with E-state index in [4.69, 9.17) is 0 Å². The molecule has 0 saturated heterocycles. The summed E-state index contributed by atoms with van der Waals surface area (Å²) >= 11 is 1.36. The van der Waals surface area contributed by atoms with Gasteiger partial charge in [-0.2, -0.15) is 9.61 Å². The number of aryl methyl sites for hydroxylation is 1. The highest BCUT2D eigenvalue weighted by atomic mass is 32.2. The van der Waals surface area contributed by atoms with Gasteiger partial charge in [0.2, 0.25) is 11.7 Å². The van der Waals surface area contributed by atoms with Crippen molar-refractivity contribution in [2.75, 3.05) is 11.1 Å². The van der Waals surface area contributed by atoms with Gasteiger partial charge in [-0.3, -0.25) is 9.78 Å². The van der Waals surface area contributed by atoms with Gasteiger partial charge in [0.25, 0.3) is 0 Å². The molecule has 4 rings (SSSR count). The predicted molar refractivity (Wildman–Crippen MR) is 109 cm³/mol. The van der Waals surface area contributed by atoms with Crippen LogP contribution >= 0.6 is 11.8 Å². The Bertz CT molecular complexity index is 1090. The van der Waals surface area contributed by atoms with Gasteiger partial charge < -0.3 is 5.32 Å². The molecular weight excluding hydrogens is 372 g/mol. The summed E-state index contributed by atoms with van der Waals surface area (Å²) in [7, 11) is 0. The lowest BCUT2D eigenvalue weighted by molar-refractivity contribution is -0.113. The van der Waals surface area contributed by atoms with Crippen molar-refractivity contribution in [3.05, 3.63) is 66.4 Å². The molecule has 0 aliphatic rings. The van der Waals surface area contributed by atoms with E-state index in [1.54, 1.807) is 10.7 Å². The van der Waals surface area contributed by atoms with Gasteiger partial charge in [-0.25, -0.2) is 0 Å². The molecule has 0 aliphatic carbocycles. The number of amides is 1. The molecule has 1 amide bonds. The summed E-state index contributed by atoms with van der Waals surface area (Å²) in [5.74, 6) is 0.748. The third-order valence-electron chi connectivity index (χ3n) is 4.13. The van der Waals surface area contributed by atoms with Crippen molar-refractivity contribution >= 4 is 29.0 Å². The van der Waals surface area contributed by atoms with Crippen LogP contribution in [-0.2, 0) is 11.2 Å². The second kappa shape index (κ2) is 8.18. The lowest BCUT2D eigenvalue weighted by atomic mass is 10.1. The van der Waals surface area contributed by atoms with Crippen molar-refractivity contribution in [3.8, 4) is 11.5 Å². The Hall–Kier alpha value is -3.26. The van der Waals surface area contributed by atoms with E-state index < -0.39 is 0 Å². The zero-order valence-electron chi connectivity index (χ0n) is 15.2. The number of hydrogen-bond donors (Lipinski definition) is 1. The standard InChI is InChI=1S/C20H18N6OS/c1-2-14-6-8-15(9-7-14)22-18(27)13-28-19-11-10-17-23-24-20(26(17)25-19)16-5-3-4-12-21-16/h3-12H,2,13H2,1H3,(H,22,27). The number of nitrogens with one attached hydrogen (secondary N) is 1. The quantitative estimate of drug-likeness (QED) is 0.507. The summed E-state index contributed by atoms with van der Waals surface area (Å²) in [4.78, 5) is 16.5. The zero-order valence-corrected chi connectivity index (χ0v) is 16.1. The SMILES string of the molecule is CCc1ccc(NC(=O)CSc2ccc3nnc(-c4ccccn4)n3n2)cc1. The molecule has 4 aromatic rings. The molecule has 0 fully saturated rings. The van der Waals surface area contributed by atoms with Crippen molar-refractivity contribution < 1.29 is 4.79 Å². The van der Waals surface area contributed by atoms with Crippen LogP contribution in [0.1, 0.15) is 12.5 Å². The molecule has 3 heterocycles. The molecule has 0 unspecified atom stereocenters. The van der Waals surface area contributed by atoms with Gasteiger partial charge in [0.15, 0.2) is 5.65 Å². The van der Waals surface area contributed by atoms with E-state index in [0.29, 0.717) is 22.2 Å². The Balaban J connectivity index is 1.45. The van der Waals surface area contributed by atoms with Crippen LogP contribution in [-0.4, -0.2) is 36.5 Å². The van der Waals surface area contributed by atoms with E-state index in [2.05, 4.69) is 32.5 Å². The molecule has 7 nitrogen and oxygen atoms in total. The summed E-state index contributed by atoms with van der Waals surface area (Å²) < 4.78 is 1.64. The molecule has 0 saturated carbocycles. The summed E-state index contributed by atoms with van der Waals surface area (Å²) in [5, 5.41) is 16.5. The Morgan fingerprint density at radius 2 is 1.93 bits per heavy atom. The fraction of sp³-hybridized carbons (Fsp3) is 0.150. The van der Waals surface area contributed by atoms with Crippen LogP contribution in [0.25, 0.3) is 17.2 Å². The van der Waals surface area contributed by atoms with Gasteiger partial charge in [-0.15, -0.1) is 10.2 Å². The first-order valence-corrected chi connectivity index (χ1v) is 9.87. The normalized spacial score (nSPS) is 10.9. The number of aromatic nitrogens is 5. The summed E-state index contributed by atoms with van der Waals surface area (Å²) in [6, 6.07) is 17.1. The predicted octanol–water partition coefficient (Wildman–Crippen LogP) is 3.48. The second-order valence-corrected chi connectivity index (χ2v) is 7.06. The highest BCUT2D eigenvalue weighted by Gasteiger charge is 2.12.